The Hall–Kier alpha value is -3.51. The van der Waals surface area contributed by atoms with E-state index in [1.54, 1.807) is 30.3 Å². The molecular formula is C30H33ClN2O4. The first-order chi connectivity index (χ1) is 18.0. The highest BCUT2D eigenvalue weighted by Gasteiger charge is 2.27. The van der Waals surface area contributed by atoms with E-state index < -0.39 is 0 Å². The predicted octanol–water partition coefficient (Wildman–Crippen LogP) is 5.49. The van der Waals surface area contributed by atoms with Crippen LogP contribution in [0.3, 0.4) is 0 Å². The number of carbonyl (C=O) groups is 2. The van der Waals surface area contributed by atoms with Crippen molar-refractivity contribution in [2.45, 2.75) is 32.2 Å². The van der Waals surface area contributed by atoms with Crippen LogP contribution in [0.4, 0.5) is 0 Å². The van der Waals surface area contributed by atoms with Gasteiger partial charge in [0.25, 0.3) is 11.8 Å². The number of halogens is 1. The van der Waals surface area contributed by atoms with Crippen LogP contribution < -0.4 is 9.47 Å². The summed E-state index contributed by atoms with van der Waals surface area (Å²) in [5.74, 6) is 0.999. The van der Waals surface area contributed by atoms with Crippen LogP contribution in [0.15, 0.2) is 78.9 Å². The van der Waals surface area contributed by atoms with Gasteiger partial charge in [-0.2, -0.15) is 0 Å². The summed E-state index contributed by atoms with van der Waals surface area (Å²) in [6.45, 7) is 3.95. The molecule has 0 fully saturated rings. The summed E-state index contributed by atoms with van der Waals surface area (Å²) in [6, 6.07) is 24.2. The second-order valence-corrected chi connectivity index (χ2v) is 9.51. The third-order valence-corrected chi connectivity index (χ3v) is 6.80. The zero-order valence-corrected chi connectivity index (χ0v) is 21.9. The Morgan fingerprint density at radius 1 is 0.973 bits per heavy atom. The van der Waals surface area contributed by atoms with E-state index in [1.165, 1.54) is 0 Å². The van der Waals surface area contributed by atoms with Crippen molar-refractivity contribution in [2.24, 2.45) is 0 Å². The molecule has 1 aliphatic rings. The molecule has 0 radical (unpaired) electrons. The maximum Gasteiger partial charge on any atom is 0.260 e. The smallest absolute Gasteiger partial charge is 0.260 e. The third-order valence-electron chi connectivity index (χ3n) is 6.55. The Labute approximate surface area is 223 Å². The lowest BCUT2D eigenvalue weighted by Gasteiger charge is -2.33. The largest absolute Gasteiger partial charge is 0.491 e. The molecular weight excluding hydrogens is 488 g/mol. The van der Waals surface area contributed by atoms with Gasteiger partial charge in [-0.3, -0.25) is 9.59 Å². The molecule has 4 rings (SSSR count). The Bertz CT molecular complexity index is 1170. The summed E-state index contributed by atoms with van der Waals surface area (Å²) in [4.78, 5) is 30.5. The van der Waals surface area contributed by atoms with Crippen molar-refractivity contribution < 1.29 is 19.1 Å². The van der Waals surface area contributed by atoms with Gasteiger partial charge >= 0.3 is 0 Å². The maximum absolute atomic E-state index is 13.5. The predicted molar refractivity (Wildman–Crippen MR) is 145 cm³/mol. The summed E-state index contributed by atoms with van der Waals surface area (Å²) in [7, 11) is 0. The average Bonchev–Trinajstić information content (AvgIpc) is 2.92. The zero-order chi connectivity index (χ0) is 26.0. The van der Waals surface area contributed by atoms with Crippen LogP contribution in [-0.2, 0) is 11.2 Å². The number of hydrogen-bond donors (Lipinski definition) is 0. The lowest BCUT2D eigenvalue weighted by Crippen LogP contribution is -2.48. The monoisotopic (exact) mass is 520 g/mol. The maximum atomic E-state index is 13.5. The number of hydrogen-bond acceptors (Lipinski definition) is 4. The van der Waals surface area contributed by atoms with E-state index in [0.29, 0.717) is 48.1 Å². The second-order valence-electron chi connectivity index (χ2n) is 9.07. The van der Waals surface area contributed by atoms with E-state index in [1.807, 2.05) is 53.1 Å². The standard InChI is InChI=1S/C30H33ClN2O4/c1-2-32-18-8-9-19-33(29(34)22-36-26-16-14-24(31)15-17-26)25(20-23-10-4-3-5-11-23)21-37-28-13-7-6-12-27(28)30(32)35/h3-7,10-17,25H,2,8-9,18-22H2,1H3/t25-/m1/s1. The van der Waals surface area contributed by atoms with Gasteiger partial charge in [0.15, 0.2) is 6.61 Å². The molecule has 1 heterocycles. The fourth-order valence-electron chi connectivity index (χ4n) is 4.53. The Balaban J connectivity index is 1.59. The Morgan fingerprint density at radius 3 is 2.43 bits per heavy atom. The van der Waals surface area contributed by atoms with Crippen LogP contribution in [0.25, 0.3) is 0 Å². The van der Waals surface area contributed by atoms with Crippen molar-refractivity contribution in [3.63, 3.8) is 0 Å². The second kappa shape index (κ2) is 13.2. The molecule has 0 N–H and O–H groups in total. The van der Waals surface area contributed by atoms with E-state index in [4.69, 9.17) is 21.1 Å². The fourth-order valence-corrected chi connectivity index (χ4v) is 4.65. The molecule has 0 bridgehead atoms. The molecule has 3 aromatic rings. The molecule has 0 spiro atoms. The van der Waals surface area contributed by atoms with Crippen molar-refractivity contribution in [1.29, 1.82) is 0 Å². The van der Waals surface area contributed by atoms with Crippen LogP contribution in [-0.4, -0.2) is 60.5 Å². The SMILES string of the molecule is CCN1CCCCN(C(=O)COc2ccc(Cl)cc2)[C@H](Cc2ccccc2)COc2ccccc2C1=O. The average molecular weight is 521 g/mol. The molecule has 0 unspecified atom stereocenters. The Kier molecular flexibility index (Phi) is 9.44. The van der Waals surface area contributed by atoms with Crippen molar-refractivity contribution in [2.75, 3.05) is 32.8 Å². The minimum absolute atomic E-state index is 0.0254. The van der Waals surface area contributed by atoms with E-state index in [2.05, 4.69) is 12.1 Å². The fraction of sp³-hybridized carbons (Fsp3) is 0.333. The molecule has 0 aliphatic carbocycles. The number of carbonyl (C=O) groups excluding carboxylic acids is 2. The van der Waals surface area contributed by atoms with Crippen molar-refractivity contribution in [3.05, 3.63) is 95.0 Å². The Morgan fingerprint density at radius 2 is 1.68 bits per heavy atom. The van der Waals surface area contributed by atoms with Gasteiger partial charge < -0.3 is 19.3 Å². The van der Waals surface area contributed by atoms with Gasteiger partial charge in [-0.05, 0) is 68.1 Å². The topological polar surface area (TPSA) is 59.1 Å². The molecule has 2 amide bonds. The number of para-hydroxylation sites is 1. The first-order valence-electron chi connectivity index (χ1n) is 12.8. The van der Waals surface area contributed by atoms with E-state index in [-0.39, 0.29) is 31.1 Å². The normalized spacial score (nSPS) is 16.7. The number of fused-ring (bicyclic) bond motifs is 1. The van der Waals surface area contributed by atoms with Crippen LogP contribution in [0, 0.1) is 0 Å². The number of nitrogens with zero attached hydrogens (tertiary/aromatic N) is 2. The molecule has 7 heteroatoms. The quantitative estimate of drug-likeness (QED) is 0.431. The first-order valence-corrected chi connectivity index (χ1v) is 13.2. The minimum Gasteiger partial charge on any atom is -0.491 e. The lowest BCUT2D eigenvalue weighted by atomic mass is 10.0. The van der Waals surface area contributed by atoms with Crippen LogP contribution in [0.2, 0.25) is 5.02 Å². The van der Waals surface area contributed by atoms with Crippen molar-refractivity contribution in [1.82, 2.24) is 9.80 Å². The zero-order valence-electron chi connectivity index (χ0n) is 21.1. The number of benzene rings is 3. The van der Waals surface area contributed by atoms with Gasteiger partial charge in [-0.25, -0.2) is 0 Å². The van der Waals surface area contributed by atoms with Crippen LogP contribution in [0.5, 0.6) is 11.5 Å². The van der Waals surface area contributed by atoms with Crippen molar-refractivity contribution >= 4 is 23.4 Å². The molecule has 0 saturated heterocycles. The molecule has 194 valence electrons. The summed E-state index contributed by atoms with van der Waals surface area (Å²) in [5, 5.41) is 0.613. The summed E-state index contributed by atoms with van der Waals surface area (Å²) in [6.07, 6.45) is 2.19. The lowest BCUT2D eigenvalue weighted by molar-refractivity contribution is -0.136. The van der Waals surface area contributed by atoms with Gasteiger partial charge in [0.05, 0.1) is 11.6 Å². The highest BCUT2D eigenvalue weighted by molar-refractivity contribution is 6.30. The van der Waals surface area contributed by atoms with Gasteiger partial charge in [-0.1, -0.05) is 54.1 Å². The van der Waals surface area contributed by atoms with E-state index in [0.717, 1.165) is 18.4 Å². The summed E-state index contributed by atoms with van der Waals surface area (Å²) in [5.41, 5.74) is 1.66. The molecule has 1 atom stereocenters. The number of ether oxygens (including phenoxy) is 2. The number of rotatable bonds is 6. The highest BCUT2D eigenvalue weighted by atomic mass is 35.5. The molecule has 3 aromatic carbocycles. The third kappa shape index (κ3) is 7.26. The van der Waals surface area contributed by atoms with Crippen LogP contribution in [0.1, 0.15) is 35.7 Å². The summed E-state index contributed by atoms with van der Waals surface area (Å²) < 4.78 is 12.1. The molecule has 0 saturated carbocycles. The van der Waals surface area contributed by atoms with E-state index in [9.17, 15) is 9.59 Å². The van der Waals surface area contributed by atoms with Crippen molar-refractivity contribution in [3.8, 4) is 11.5 Å². The molecule has 37 heavy (non-hydrogen) atoms. The molecule has 6 nitrogen and oxygen atoms in total. The molecule has 1 aliphatic heterocycles. The van der Waals surface area contributed by atoms with Gasteiger partial charge in [0, 0.05) is 24.7 Å². The number of amides is 2. The van der Waals surface area contributed by atoms with Gasteiger partial charge in [0.1, 0.15) is 18.1 Å². The van der Waals surface area contributed by atoms with Crippen LogP contribution >= 0.6 is 11.6 Å². The first kappa shape index (κ1) is 26.6. The summed E-state index contributed by atoms with van der Waals surface area (Å²) >= 11 is 5.98. The molecule has 0 aromatic heterocycles. The van der Waals surface area contributed by atoms with Gasteiger partial charge in [-0.15, -0.1) is 0 Å². The highest BCUT2D eigenvalue weighted by Crippen LogP contribution is 2.23. The van der Waals surface area contributed by atoms with E-state index >= 15 is 0 Å². The van der Waals surface area contributed by atoms with Gasteiger partial charge in [0.2, 0.25) is 0 Å². The minimum atomic E-state index is -0.228.